The Kier molecular flexibility index (Phi) is 5.59. The predicted octanol–water partition coefficient (Wildman–Crippen LogP) is 3.27. The Bertz CT molecular complexity index is 801. The Morgan fingerprint density at radius 1 is 1.17 bits per heavy atom. The van der Waals surface area contributed by atoms with Crippen LogP contribution in [0.5, 0.6) is 0 Å². The number of carbonyl (C=O) groups excluding carboxylic acids is 1. The van der Waals surface area contributed by atoms with Crippen molar-refractivity contribution in [2.24, 2.45) is 0 Å². The van der Waals surface area contributed by atoms with Gasteiger partial charge in [-0.05, 0) is 42.3 Å². The smallest absolute Gasteiger partial charge is 0.224 e. The molecule has 2 aromatic carbocycles. The van der Waals surface area contributed by atoms with Gasteiger partial charge in [-0.1, -0.05) is 40.2 Å². The van der Waals surface area contributed by atoms with Crippen molar-refractivity contribution in [1.82, 2.24) is 5.32 Å². The third-order valence-electron chi connectivity index (χ3n) is 3.44. The summed E-state index contributed by atoms with van der Waals surface area (Å²) in [4.78, 5) is 12.4. The number of hydrogen-bond donors (Lipinski definition) is 1. The average molecular weight is 396 g/mol. The van der Waals surface area contributed by atoms with E-state index < -0.39 is 9.84 Å². The zero-order valence-electron chi connectivity index (χ0n) is 12.9. The number of nitrogens with one attached hydrogen (secondary N) is 1. The molecule has 23 heavy (non-hydrogen) atoms. The molecule has 0 saturated carbocycles. The van der Waals surface area contributed by atoms with Gasteiger partial charge in [-0.3, -0.25) is 4.79 Å². The van der Waals surface area contributed by atoms with Crippen LogP contribution < -0.4 is 5.32 Å². The lowest BCUT2D eigenvalue weighted by Crippen LogP contribution is -2.28. The van der Waals surface area contributed by atoms with Crippen molar-refractivity contribution in [2.45, 2.75) is 24.3 Å². The first-order valence-corrected chi connectivity index (χ1v) is 9.78. The van der Waals surface area contributed by atoms with Gasteiger partial charge in [0.1, 0.15) is 0 Å². The lowest BCUT2D eigenvalue weighted by molar-refractivity contribution is -0.121. The van der Waals surface area contributed by atoms with E-state index in [0.717, 1.165) is 15.6 Å². The van der Waals surface area contributed by atoms with Crippen LogP contribution in [0.2, 0.25) is 0 Å². The van der Waals surface area contributed by atoms with E-state index in [9.17, 15) is 13.2 Å². The molecular formula is C17H18BrNO3S. The summed E-state index contributed by atoms with van der Waals surface area (Å²) >= 11 is 3.38. The summed E-state index contributed by atoms with van der Waals surface area (Å²) in [6.45, 7) is 1.87. The summed E-state index contributed by atoms with van der Waals surface area (Å²) in [5.41, 5.74) is 1.79. The second kappa shape index (κ2) is 7.27. The number of rotatable bonds is 5. The standard InChI is InChI=1S/C17H18BrNO3S/c1-12(14-6-8-16(9-7-14)23(2,21)22)19-17(20)11-13-4-3-5-15(18)10-13/h3-10,12H,11H2,1-2H3,(H,19,20). The Labute approximate surface area is 145 Å². The van der Waals surface area contributed by atoms with E-state index in [-0.39, 0.29) is 16.8 Å². The van der Waals surface area contributed by atoms with Crippen LogP contribution >= 0.6 is 15.9 Å². The highest BCUT2D eigenvalue weighted by Crippen LogP contribution is 2.17. The molecule has 1 atom stereocenters. The van der Waals surface area contributed by atoms with E-state index >= 15 is 0 Å². The van der Waals surface area contributed by atoms with Gasteiger partial charge in [0.05, 0.1) is 17.4 Å². The normalized spacial score (nSPS) is 12.7. The molecule has 0 saturated heterocycles. The van der Waals surface area contributed by atoms with E-state index in [1.165, 1.54) is 6.26 Å². The van der Waals surface area contributed by atoms with E-state index in [2.05, 4.69) is 21.2 Å². The number of benzene rings is 2. The van der Waals surface area contributed by atoms with Gasteiger partial charge in [0, 0.05) is 10.7 Å². The maximum atomic E-state index is 12.1. The fraction of sp³-hybridized carbons (Fsp3) is 0.235. The highest BCUT2D eigenvalue weighted by Gasteiger charge is 2.12. The van der Waals surface area contributed by atoms with Gasteiger partial charge in [-0.2, -0.15) is 0 Å². The van der Waals surface area contributed by atoms with Crippen molar-refractivity contribution in [2.75, 3.05) is 6.26 Å². The molecule has 6 heteroatoms. The first-order chi connectivity index (χ1) is 10.8. The van der Waals surface area contributed by atoms with E-state index in [0.29, 0.717) is 6.42 Å². The fourth-order valence-electron chi connectivity index (χ4n) is 2.21. The minimum atomic E-state index is -3.20. The molecule has 0 aliphatic rings. The minimum Gasteiger partial charge on any atom is -0.349 e. The number of carbonyl (C=O) groups is 1. The Morgan fingerprint density at radius 2 is 1.83 bits per heavy atom. The van der Waals surface area contributed by atoms with Gasteiger partial charge in [-0.25, -0.2) is 8.42 Å². The minimum absolute atomic E-state index is 0.0808. The molecule has 0 aromatic heterocycles. The van der Waals surface area contributed by atoms with Gasteiger partial charge in [0.15, 0.2) is 9.84 Å². The van der Waals surface area contributed by atoms with Crippen LogP contribution in [-0.4, -0.2) is 20.6 Å². The SMILES string of the molecule is CC(NC(=O)Cc1cccc(Br)c1)c1ccc(S(C)(=O)=O)cc1. The number of hydrogen-bond acceptors (Lipinski definition) is 3. The van der Waals surface area contributed by atoms with Crippen molar-refractivity contribution >= 4 is 31.7 Å². The maximum Gasteiger partial charge on any atom is 0.224 e. The molecule has 122 valence electrons. The van der Waals surface area contributed by atoms with Crippen LogP contribution in [0.3, 0.4) is 0 Å². The number of amides is 1. The van der Waals surface area contributed by atoms with Crippen LogP contribution in [-0.2, 0) is 21.1 Å². The highest BCUT2D eigenvalue weighted by molar-refractivity contribution is 9.10. The van der Waals surface area contributed by atoms with E-state index in [1.807, 2.05) is 31.2 Å². The molecule has 1 unspecified atom stereocenters. The van der Waals surface area contributed by atoms with Crippen LogP contribution in [0.1, 0.15) is 24.1 Å². The van der Waals surface area contributed by atoms with Crippen LogP contribution in [0.25, 0.3) is 0 Å². The Morgan fingerprint density at radius 3 is 2.39 bits per heavy atom. The molecule has 1 N–H and O–H groups in total. The molecular weight excluding hydrogens is 378 g/mol. The molecule has 1 amide bonds. The summed E-state index contributed by atoms with van der Waals surface area (Å²) < 4.78 is 23.8. The quantitative estimate of drug-likeness (QED) is 0.844. The molecule has 2 aromatic rings. The Hall–Kier alpha value is -1.66. The maximum absolute atomic E-state index is 12.1. The molecule has 0 heterocycles. The molecule has 0 aliphatic carbocycles. The summed E-state index contributed by atoms with van der Waals surface area (Å²) in [5, 5.41) is 2.92. The second-order valence-electron chi connectivity index (χ2n) is 5.44. The van der Waals surface area contributed by atoms with Crippen LogP contribution in [0.15, 0.2) is 57.9 Å². The lowest BCUT2D eigenvalue weighted by atomic mass is 10.1. The zero-order chi connectivity index (χ0) is 17.0. The summed E-state index contributed by atoms with van der Waals surface area (Å²) in [6, 6.07) is 14.0. The van der Waals surface area contributed by atoms with Gasteiger partial charge in [0.2, 0.25) is 5.91 Å². The van der Waals surface area contributed by atoms with Crippen molar-refractivity contribution in [3.05, 3.63) is 64.1 Å². The average Bonchev–Trinajstić information content (AvgIpc) is 2.46. The summed E-state index contributed by atoms with van der Waals surface area (Å²) in [6.07, 6.45) is 1.47. The van der Waals surface area contributed by atoms with Gasteiger partial charge in [0.25, 0.3) is 0 Å². The summed E-state index contributed by atoms with van der Waals surface area (Å²) in [7, 11) is -3.20. The third-order valence-corrected chi connectivity index (χ3v) is 5.06. The summed E-state index contributed by atoms with van der Waals surface area (Å²) in [5.74, 6) is -0.0808. The Balaban J connectivity index is 2.01. The van der Waals surface area contributed by atoms with Crippen LogP contribution in [0, 0.1) is 0 Å². The fourth-order valence-corrected chi connectivity index (χ4v) is 3.29. The molecule has 0 aliphatic heterocycles. The molecule has 4 nitrogen and oxygen atoms in total. The second-order valence-corrected chi connectivity index (χ2v) is 8.37. The van der Waals surface area contributed by atoms with E-state index in [4.69, 9.17) is 0 Å². The molecule has 0 bridgehead atoms. The van der Waals surface area contributed by atoms with Gasteiger partial charge in [-0.15, -0.1) is 0 Å². The lowest BCUT2D eigenvalue weighted by Gasteiger charge is -2.15. The highest BCUT2D eigenvalue weighted by atomic mass is 79.9. The molecule has 0 radical (unpaired) electrons. The van der Waals surface area contributed by atoms with Crippen molar-refractivity contribution in [3.63, 3.8) is 0 Å². The topological polar surface area (TPSA) is 63.2 Å². The first kappa shape index (κ1) is 17.7. The van der Waals surface area contributed by atoms with E-state index in [1.54, 1.807) is 24.3 Å². The largest absolute Gasteiger partial charge is 0.349 e. The molecule has 2 rings (SSSR count). The number of halogens is 1. The van der Waals surface area contributed by atoms with Crippen LogP contribution in [0.4, 0.5) is 0 Å². The van der Waals surface area contributed by atoms with Gasteiger partial charge >= 0.3 is 0 Å². The van der Waals surface area contributed by atoms with Gasteiger partial charge < -0.3 is 5.32 Å². The molecule has 0 fully saturated rings. The van der Waals surface area contributed by atoms with Crippen molar-refractivity contribution in [1.29, 1.82) is 0 Å². The first-order valence-electron chi connectivity index (χ1n) is 7.09. The predicted molar refractivity (Wildman–Crippen MR) is 94.0 cm³/mol. The van der Waals surface area contributed by atoms with Crippen molar-refractivity contribution in [3.8, 4) is 0 Å². The number of sulfone groups is 1. The molecule has 0 spiro atoms. The monoisotopic (exact) mass is 395 g/mol. The third kappa shape index (κ3) is 5.18. The van der Waals surface area contributed by atoms with Crippen molar-refractivity contribution < 1.29 is 13.2 Å². The zero-order valence-corrected chi connectivity index (χ0v) is 15.3.